The van der Waals surface area contributed by atoms with E-state index in [4.69, 9.17) is 6.48 Å². The minimum atomic E-state index is -0.815. The normalized spacial score (nSPS) is 29.4. The van der Waals surface area contributed by atoms with E-state index in [-0.39, 0.29) is 5.92 Å². The van der Waals surface area contributed by atoms with Crippen molar-refractivity contribution in [3.8, 4) is 0 Å². The second-order valence-corrected chi connectivity index (χ2v) is 2.55. The van der Waals surface area contributed by atoms with Gasteiger partial charge in [0.05, 0.1) is 1.37 Å². The average molecular weight is 115 g/mol. The molecule has 0 spiro atoms. The highest BCUT2D eigenvalue weighted by atomic mass is 16.3. The Bertz CT molecular complexity index is 77.0. The lowest BCUT2D eigenvalue weighted by Gasteiger charge is -2.18. The van der Waals surface area contributed by atoms with Crippen molar-refractivity contribution < 1.29 is 6.48 Å². The van der Waals surface area contributed by atoms with Gasteiger partial charge in [0, 0.05) is 6.58 Å². The Morgan fingerprint density at radius 2 is 2.00 bits per heavy atom. The molecule has 1 saturated carbocycles. The zero-order valence-corrected chi connectivity index (χ0v) is 5.14. The van der Waals surface area contributed by atoms with E-state index in [1.165, 1.54) is 19.3 Å². The first-order valence-electron chi connectivity index (χ1n) is 3.99. The van der Waals surface area contributed by atoms with Crippen LogP contribution in [-0.4, -0.2) is 11.7 Å². The predicted molar refractivity (Wildman–Crippen MR) is 33.7 cm³/mol. The minimum Gasteiger partial charge on any atom is -0.396 e. The molecule has 0 bridgehead atoms. The molecule has 1 aliphatic rings. The first kappa shape index (κ1) is 4.80. The molecule has 0 radical (unpaired) electrons. The first-order valence-corrected chi connectivity index (χ1v) is 3.41. The Labute approximate surface area is 52.1 Å². The van der Waals surface area contributed by atoms with Crippen LogP contribution in [0.1, 0.15) is 33.5 Å². The van der Waals surface area contributed by atoms with E-state index in [0.717, 1.165) is 12.8 Å². The van der Waals surface area contributed by atoms with E-state index >= 15 is 0 Å². The van der Waals surface area contributed by atoms with Crippen molar-refractivity contribution >= 4 is 0 Å². The molecule has 1 atom stereocenters. The molecule has 1 nitrogen and oxygen atoms in total. The molecule has 0 aromatic rings. The SMILES string of the molecule is [2H][C@@H](O)C1CCCCC1. The van der Waals surface area contributed by atoms with Gasteiger partial charge in [0.2, 0.25) is 0 Å². The van der Waals surface area contributed by atoms with Crippen LogP contribution in [0.2, 0.25) is 0 Å². The maximum Gasteiger partial charge on any atom is 0.0567 e. The summed E-state index contributed by atoms with van der Waals surface area (Å²) < 4.78 is 7.03. The molecular formula is C7H14O. The monoisotopic (exact) mass is 115 g/mol. The Balaban J connectivity index is 2.23. The zero-order valence-electron chi connectivity index (χ0n) is 6.14. The third-order valence-electron chi connectivity index (χ3n) is 1.86. The highest BCUT2D eigenvalue weighted by Crippen LogP contribution is 2.22. The lowest BCUT2D eigenvalue weighted by molar-refractivity contribution is 0.190. The first-order chi connectivity index (χ1) is 4.30. The van der Waals surface area contributed by atoms with Crippen LogP contribution in [-0.2, 0) is 0 Å². The smallest absolute Gasteiger partial charge is 0.0567 e. The molecule has 0 amide bonds. The molecule has 1 heteroatoms. The zero-order chi connectivity index (χ0) is 6.69. The second-order valence-electron chi connectivity index (χ2n) is 2.55. The summed E-state index contributed by atoms with van der Waals surface area (Å²) in [5, 5.41) is 8.84. The van der Waals surface area contributed by atoms with Gasteiger partial charge < -0.3 is 5.11 Å². The summed E-state index contributed by atoms with van der Waals surface area (Å²) in [6.45, 7) is -0.815. The molecule has 0 heterocycles. The maximum absolute atomic E-state index is 8.84. The third kappa shape index (κ3) is 1.48. The molecule has 0 unspecified atom stereocenters. The molecular weight excluding hydrogens is 100 g/mol. The largest absolute Gasteiger partial charge is 0.396 e. The van der Waals surface area contributed by atoms with Gasteiger partial charge in [-0.2, -0.15) is 0 Å². The fourth-order valence-corrected chi connectivity index (χ4v) is 1.28. The Morgan fingerprint density at radius 3 is 2.38 bits per heavy atom. The molecule has 1 fully saturated rings. The Kier molecular flexibility index (Phi) is 1.85. The summed E-state index contributed by atoms with van der Waals surface area (Å²) in [6, 6.07) is 0. The van der Waals surface area contributed by atoms with Crippen molar-refractivity contribution in [2.75, 3.05) is 6.58 Å². The number of aliphatic hydroxyl groups is 1. The summed E-state index contributed by atoms with van der Waals surface area (Å²) in [7, 11) is 0. The van der Waals surface area contributed by atoms with E-state index in [0.29, 0.717) is 0 Å². The van der Waals surface area contributed by atoms with Crippen molar-refractivity contribution in [2.24, 2.45) is 5.92 Å². The Morgan fingerprint density at radius 1 is 1.38 bits per heavy atom. The summed E-state index contributed by atoms with van der Waals surface area (Å²) in [5.41, 5.74) is 0. The predicted octanol–water partition coefficient (Wildman–Crippen LogP) is 1.56. The fourth-order valence-electron chi connectivity index (χ4n) is 1.28. The lowest BCUT2D eigenvalue weighted by atomic mass is 9.90. The van der Waals surface area contributed by atoms with Gasteiger partial charge in [-0.15, -0.1) is 0 Å². The topological polar surface area (TPSA) is 20.2 Å². The van der Waals surface area contributed by atoms with Gasteiger partial charge in [-0.25, -0.2) is 0 Å². The summed E-state index contributed by atoms with van der Waals surface area (Å²) in [4.78, 5) is 0. The quantitative estimate of drug-likeness (QED) is 0.550. The maximum atomic E-state index is 8.84. The van der Waals surface area contributed by atoms with Crippen LogP contribution >= 0.6 is 0 Å². The minimum absolute atomic E-state index is 0.277. The van der Waals surface area contributed by atoms with Crippen LogP contribution in [0.15, 0.2) is 0 Å². The van der Waals surface area contributed by atoms with Gasteiger partial charge in [0.25, 0.3) is 0 Å². The van der Waals surface area contributed by atoms with Gasteiger partial charge in [0.15, 0.2) is 0 Å². The molecule has 1 aliphatic carbocycles. The number of hydrogen-bond donors (Lipinski definition) is 1. The molecule has 8 heavy (non-hydrogen) atoms. The van der Waals surface area contributed by atoms with Gasteiger partial charge in [-0.05, 0) is 18.8 Å². The second kappa shape index (κ2) is 3.08. The summed E-state index contributed by atoms with van der Waals surface area (Å²) in [6.07, 6.45) is 5.83. The third-order valence-corrected chi connectivity index (χ3v) is 1.86. The molecule has 48 valence electrons. The van der Waals surface area contributed by atoms with Gasteiger partial charge in [0.1, 0.15) is 0 Å². The fraction of sp³-hybridized carbons (Fsp3) is 1.00. The van der Waals surface area contributed by atoms with E-state index in [2.05, 4.69) is 0 Å². The standard InChI is InChI=1S/C7H14O/c8-6-7-4-2-1-3-5-7/h7-8H,1-6H2/i6D/t6-/m1/s1. The van der Waals surface area contributed by atoms with E-state index in [9.17, 15) is 0 Å². The van der Waals surface area contributed by atoms with Gasteiger partial charge in [-0.1, -0.05) is 19.3 Å². The van der Waals surface area contributed by atoms with E-state index in [1.807, 2.05) is 0 Å². The van der Waals surface area contributed by atoms with Crippen LogP contribution in [0, 0.1) is 5.92 Å². The molecule has 1 rings (SSSR count). The van der Waals surface area contributed by atoms with Crippen LogP contribution < -0.4 is 0 Å². The lowest BCUT2D eigenvalue weighted by Crippen LogP contribution is -2.09. The molecule has 0 saturated heterocycles. The van der Waals surface area contributed by atoms with Gasteiger partial charge >= 0.3 is 0 Å². The van der Waals surface area contributed by atoms with Crippen molar-refractivity contribution in [2.45, 2.75) is 32.1 Å². The number of aliphatic hydroxyl groups excluding tert-OH is 1. The van der Waals surface area contributed by atoms with Crippen molar-refractivity contribution in [3.63, 3.8) is 0 Å². The van der Waals surface area contributed by atoms with Crippen LogP contribution in [0.3, 0.4) is 0 Å². The molecule has 1 N–H and O–H groups in total. The molecule has 0 aromatic heterocycles. The number of rotatable bonds is 1. The van der Waals surface area contributed by atoms with E-state index < -0.39 is 6.58 Å². The van der Waals surface area contributed by atoms with Crippen LogP contribution in [0.25, 0.3) is 0 Å². The highest BCUT2D eigenvalue weighted by molar-refractivity contribution is 4.63. The Hall–Kier alpha value is -0.0400. The van der Waals surface area contributed by atoms with Crippen molar-refractivity contribution in [3.05, 3.63) is 0 Å². The highest BCUT2D eigenvalue weighted by Gasteiger charge is 2.10. The van der Waals surface area contributed by atoms with Crippen molar-refractivity contribution in [1.29, 1.82) is 0 Å². The summed E-state index contributed by atoms with van der Waals surface area (Å²) in [5.74, 6) is 0.277. The molecule has 0 aromatic carbocycles. The van der Waals surface area contributed by atoms with Crippen molar-refractivity contribution in [1.82, 2.24) is 0 Å². The van der Waals surface area contributed by atoms with Gasteiger partial charge in [-0.3, -0.25) is 0 Å². The number of hydrogen-bond acceptors (Lipinski definition) is 1. The summed E-state index contributed by atoms with van der Waals surface area (Å²) >= 11 is 0. The van der Waals surface area contributed by atoms with E-state index in [1.54, 1.807) is 0 Å². The van der Waals surface area contributed by atoms with Crippen LogP contribution in [0.4, 0.5) is 0 Å². The molecule has 0 aliphatic heterocycles. The van der Waals surface area contributed by atoms with Crippen LogP contribution in [0.5, 0.6) is 0 Å². The average Bonchev–Trinajstić information content (AvgIpc) is 1.90.